The summed E-state index contributed by atoms with van der Waals surface area (Å²) in [6.07, 6.45) is 7.28. The lowest BCUT2D eigenvalue weighted by Crippen LogP contribution is -3.00. The Morgan fingerprint density at radius 1 is 0.786 bits per heavy atom. The zero-order valence-electron chi connectivity index (χ0n) is 8.80. The number of carbonyl (C=O) groups excluding carboxylic acids is 1. The monoisotopic (exact) mass is 261 g/mol. The molecule has 0 amide bonds. The van der Waals surface area contributed by atoms with Crippen LogP contribution in [0.25, 0.3) is 0 Å². The van der Waals surface area contributed by atoms with Crippen LogP contribution in [0.5, 0.6) is 0 Å². The van der Waals surface area contributed by atoms with Gasteiger partial charge in [0.1, 0.15) is 5.78 Å². The first-order chi connectivity index (χ1) is 6.31. The molecule has 0 aliphatic carbocycles. The quantitative estimate of drug-likeness (QED) is 0.498. The molecule has 0 aromatic carbocycles. The topological polar surface area (TPSA) is 17.1 Å². The van der Waals surface area contributed by atoms with Crippen LogP contribution in [0.2, 0.25) is 0 Å². The van der Waals surface area contributed by atoms with Crippen molar-refractivity contribution in [2.24, 2.45) is 0 Å². The van der Waals surface area contributed by atoms with Crippen LogP contribution in [0.4, 0.5) is 0 Å². The van der Waals surface area contributed by atoms with Gasteiger partial charge in [-0.15, -0.1) is 0 Å². The normalized spacial score (nSPS) is 26.7. The molecule has 0 aromatic heterocycles. The molecule has 0 aromatic rings. The molecule has 2 rings (SSSR count). The van der Waals surface area contributed by atoms with Crippen LogP contribution in [0, 0.1) is 0 Å². The minimum atomic E-state index is 0. The van der Waals surface area contributed by atoms with E-state index in [1.807, 2.05) is 0 Å². The van der Waals surface area contributed by atoms with Crippen LogP contribution >= 0.6 is 0 Å². The van der Waals surface area contributed by atoms with Crippen molar-refractivity contribution in [3.63, 3.8) is 0 Å². The number of piperidine rings is 1. The SMILES string of the molecule is O=C1CC[N+]2(CCCCCC2)CC1.[Br-]. The molecule has 2 aliphatic rings. The predicted molar refractivity (Wildman–Crippen MR) is 52.4 cm³/mol. The third kappa shape index (κ3) is 2.80. The van der Waals surface area contributed by atoms with Gasteiger partial charge in [-0.3, -0.25) is 4.79 Å². The molecular formula is C11H20BrNO. The van der Waals surface area contributed by atoms with E-state index in [2.05, 4.69) is 0 Å². The van der Waals surface area contributed by atoms with Gasteiger partial charge in [0.25, 0.3) is 0 Å². The number of quaternary nitrogens is 1. The number of carbonyl (C=O) groups is 1. The molecule has 2 heterocycles. The van der Waals surface area contributed by atoms with Crippen molar-refractivity contribution in [1.82, 2.24) is 0 Å². The average molecular weight is 262 g/mol. The summed E-state index contributed by atoms with van der Waals surface area (Å²) in [7, 11) is 0. The van der Waals surface area contributed by atoms with Gasteiger partial charge >= 0.3 is 0 Å². The highest BCUT2D eigenvalue weighted by atomic mass is 79.9. The maximum Gasteiger partial charge on any atom is 0.144 e. The first-order valence-corrected chi connectivity index (χ1v) is 5.68. The summed E-state index contributed by atoms with van der Waals surface area (Å²) in [5, 5.41) is 0. The summed E-state index contributed by atoms with van der Waals surface area (Å²) in [6, 6.07) is 0. The summed E-state index contributed by atoms with van der Waals surface area (Å²) >= 11 is 0. The number of rotatable bonds is 0. The van der Waals surface area contributed by atoms with E-state index < -0.39 is 0 Å². The van der Waals surface area contributed by atoms with Crippen molar-refractivity contribution in [1.29, 1.82) is 0 Å². The second kappa shape index (κ2) is 5.26. The highest BCUT2D eigenvalue weighted by Gasteiger charge is 2.32. The Morgan fingerprint density at radius 3 is 1.79 bits per heavy atom. The lowest BCUT2D eigenvalue weighted by atomic mass is 10.1. The van der Waals surface area contributed by atoms with Gasteiger partial charge in [0, 0.05) is 0 Å². The molecule has 2 saturated heterocycles. The number of nitrogens with zero attached hydrogens (tertiary/aromatic N) is 1. The fourth-order valence-electron chi connectivity index (χ4n) is 2.77. The van der Waals surface area contributed by atoms with Gasteiger partial charge in [-0.25, -0.2) is 0 Å². The molecule has 2 fully saturated rings. The standard InChI is InChI=1S/C11H20NO.BrH/c13-11-5-9-12(10-6-11)7-3-1-2-4-8-12;/h1-10H2;1H/q+1;/p-1. The molecular weight excluding hydrogens is 242 g/mol. The summed E-state index contributed by atoms with van der Waals surface area (Å²) in [4.78, 5) is 11.2. The smallest absolute Gasteiger partial charge is 0.144 e. The highest BCUT2D eigenvalue weighted by molar-refractivity contribution is 5.78. The second-order valence-electron chi connectivity index (χ2n) is 4.69. The number of halogens is 1. The van der Waals surface area contributed by atoms with Gasteiger partial charge in [-0.05, 0) is 25.7 Å². The molecule has 3 heteroatoms. The highest BCUT2D eigenvalue weighted by Crippen LogP contribution is 2.23. The molecule has 0 radical (unpaired) electrons. The lowest BCUT2D eigenvalue weighted by Gasteiger charge is -2.40. The zero-order chi connectivity index (χ0) is 9.15. The predicted octanol–water partition coefficient (Wildman–Crippen LogP) is -1.26. The van der Waals surface area contributed by atoms with Gasteiger partial charge in [0.15, 0.2) is 0 Å². The van der Waals surface area contributed by atoms with Crippen molar-refractivity contribution in [3.05, 3.63) is 0 Å². The Morgan fingerprint density at radius 2 is 1.29 bits per heavy atom. The summed E-state index contributed by atoms with van der Waals surface area (Å²) < 4.78 is 1.27. The van der Waals surface area contributed by atoms with Crippen LogP contribution in [-0.4, -0.2) is 36.4 Å². The number of hydrogen-bond acceptors (Lipinski definition) is 1. The number of ketones is 1. The van der Waals surface area contributed by atoms with Gasteiger partial charge in [0.05, 0.1) is 39.0 Å². The van der Waals surface area contributed by atoms with Crippen molar-refractivity contribution >= 4 is 5.78 Å². The van der Waals surface area contributed by atoms with Crippen LogP contribution in [0.15, 0.2) is 0 Å². The molecule has 14 heavy (non-hydrogen) atoms. The third-order valence-electron chi connectivity index (χ3n) is 3.74. The average Bonchev–Trinajstić information content (AvgIpc) is 2.37. The minimum Gasteiger partial charge on any atom is -1.00 e. The van der Waals surface area contributed by atoms with E-state index in [0.29, 0.717) is 5.78 Å². The molecule has 82 valence electrons. The van der Waals surface area contributed by atoms with Crippen LogP contribution in [0.3, 0.4) is 0 Å². The molecule has 0 bridgehead atoms. The molecule has 0 N–H and O–H groups in total. The third-order valence-corrected chi connectivity index (χ3v) is 3.74. The van der Waals surface area contributed by atoms with Gasteiger partial charge in [-0.1, -0.05) is 0 Å². The first kappa shape index (κ1) is 12.2. The Labute approximate surface area is 97.0 Å². The van der Waals surface area contributed by atoms with E-state index in [-0.39, 0.29) is 17.0 Å². The van der Waals surface area contributed by atoms with Gasteiger partial charge in [0.2, 0.25) is 0 Å². The van der Waals surface area contributed by atoms with Gasteiger partial charge in [-0.2, -0.15) is 0 Å². The van der Waals surface area contributed by atoms with E-state index in [4.69, 9.17) is 0 Å². The largest absolute Gasteiger partial charge is 1.00 e. The Balaban J connectivity index is 0.000000980. The Bertz CT molecular complexity index is 185. The van der Waals surface area contributed by atoms with E-state index >= 15 is 0 Å². The van der Waals surface area contributed by atoms with Crippen LogP contribution in [-0.2, 0) is 4.79 Å². The van der Waals surface area contributed by atoms with Gasteiger partial charge < -0.3 is 21.5 Å². The van der Waals surface area contributed by atoms with Crippen molar-refractivity contribution in [2.75, 3.05) is 26.2 Å². The second-order valence-corrected chi connectivity index (χ2v) is 4.69. The summed E-state index contributed by atoms with van der Waals surface area (Å²) in [6.45, 7) is 4.96. The maximum absolute atomic E-state index is 11.2. The van der Waals surface area contributed by atoms with Crippen molar-refractivity contribution < 1.29 is 26.3 Å². The van der Waals surface area contributed by atoms with Crippen LogP contribution < -0.4 is 17.0 Å². The molecule has 0 saturated carbocycles. The van der Waals surface area contributed by atoms with E-state index in [0.717, 1.165) is 25.9 Å². The van der Waals surface area contributed by atoms with E-state index in [1.54, 1.807) is 0 Å². The van der Waals surface area contributed by atoms with E-state index in [9.17, 15) is 4.79 Å². The van der Waals surface area contributed by atoms with Crippen LogP contribution in [0.1, 0.15) is 38.5 Å². The fraction of sp³-hybridized carbons (Fsp3) is 0.909. The lowest BCUT2D eigenvalue weighted by molar-refractivity contribution is -0.928. The van der Waals surface area contributed by atoms with Crippen molar-refractivity contribution in [3.8, 4) is 0 Å². The molecule has 1 spiro atoms. The number of Topliss-reactive ketones (excluding diaryl/α,β-unsaturated/α-hetero) is 1. The first-order valence-electron chi connectivity index (χ1n) is 5.68. The zero-order valence-corrected chi connectivity index (χ0v) is 10.4. The number of hydrogen-bond donors (Lipinski definition) is 0. The molecule has 0 atom stereocenters. The molecule has 2 aliphatic heterocycles. The summed E-state index contributed by atoms with van der Waals surface area (Å²) in [5.41, 5.74) is 0. The van der Waals surface area contributed by atoms with Crippen molar-refractivity contribution in [2.45, 2.75) is 38.5 Å². The summed E-state index contributed by atoms with van der Waals surface area (Å²) in [5.74, 6) is 0.494. The Kier molecular flexibility index (Phi) is 4.58. The fourth-order valence-corrected chi connectivity index (χ4v) is 2.77. The molecule has 0 unspecified atom stereocenters. The maximum atomic E-state index is 11.2. The minimum absolute atomic E-state index is 0. The Hall–Kier alpha value is 0.110. The van der Waals surface area contributed by atoms with E-state index in [1.165, 1.54) is 43.3 Å². The molecule has 2 nitrogen and oxygen atoms in total.